The molecule has 0 radical (unpaired) electrons. The number of piperidine rings is 1. The van der Waals surface area contributed by atoms with Crippen LogP contribution in [0.3, 0.4) is 0 Å². The van der Waals surface area contributed by atoms with E-state index in [1.165, 1.54) is 6.07 Å². The van der Waals surface area contributed by atoms with Crippen molar-refractivity contribution in [1.29, 1.82) is 0 Å². The zero-order valence-electron chi connectivity index (χ0n) is 15.3. The minimum absolute atomic E-state index is 0.00955. The highest BCUT2D eigenvalue weighted by Crippen LogP contribution is 2.26. The molecule has 0 spiro atoms. The van der Waals surface area contributed by atoms with Gasteiger partial charge in [0.15, 0.2) is 6.61 Å². The molecular weight excluding hydrogens is 374 g/mol. The Balaban J connectivity index is 1.45. The highest BCUT2D eigenvalue weighted by atomic mass is 32.1. The maximum Gasteiger partial charge on any atom is 0.260 e. The fourth-order valence-electron chi connectivity index (χ4n) is 3.41. The molecule has 1 saturated heterocycles. The Bertz CT molecular complexity index is 986. The number of thiophene rings is 1. The van der Waals surface area contributed by atoms with Gasteiger partial charge in [0.05, 0.1) is 5.69 Å². The normalized spacial score (nSPS) is 16.7. The number of H-pyrrole nitrogens is 1. The summed E-state index contributed by atoms with van der Waals surface area (Å²) in [7, 11) is 0. The number of aromatic nitrogens is 2. The molecule has 1 aliphatic heterocycles. The lowest BCUT2D eigenvalue weighted by Crippen LogP contribution is -2.42. The molecule has 6 nitrogen and oxygen atoms in total. The number of rotatable bonds is 5. The number of carbonyl (C=O) groups excluding carboxylic acids is 1. The van der Waals surface area contributed by atoms with Gasteiger partial charge in [-0.25, -0.2) is 4.98 Å². The van der Waals surface area contributed by atoms with E-state index in [0.29, 0.717) is 30.4 Å². The molecule has 1 N–H and O–H groups in total. The van der Waals surface area contributed by atoms with Gasteiger partial charge in [0.2, 0.25) is 0 Å². The lowest BCUT2D eigenvalue weighted by molar-refractivity contribution is -0.134. The van der Waals surface area contributed by atoms with Crippen molar-refractivity contribution >= 4 is 17.2 Å². The number of ether oxygens (including phenoxy) is 1. The van der Waals surface area contributed by atoms with Crippen LogP contribution in [0.5, 0.6) is 5.75 Å². The maximum absolute atomic E-state index is 12.6. The van der Waals surface area contributed by atoms with Crippen LogP contribution in [0.1, 0.15) is 24.6 Å². The number of aromatic amines is 1. The number of carbonyl (C=O) groups is 1. The summed E-state index contributed by atoms with van der Waals surface area (Å²) in [6.45, 7) is 1.24. The SMILES string of the molecule is O=C(COc1ccccc1)N1CCCC(c2nc(-c3ccsc3)cc(=O)[nH]2)C1. The zero-order valence-corrected chi connectivity index (χ0v) is 16.2. The second-order valence-corrected chi connectivity index (χ2v) is 7.59. The Kier molecular flexibility index (Phi) is 5.53. The summed E-state index contributed by atoms with van der Waals surface area (Å²) in [5.74, 6) is 1.29. The van der Waals surface area contributed by atoms with Crippen LogP contribution in [0.2, 0.25) is 0 Å². The standard InChI is InChI=1S/C21H21N3O3S/c25-19-11-18(16-8-10-28-14-16)22-21(23-19)15-5-4-9-24(12-15)20(26)13-27-17-6-2-1-3-7-17/h1-3,6-8,10-11,14-15H,4-5,9,12-13H2,(H,22,23,25). The highest BCUT2D eigenvalue weighted by Gasteiger charge is 2.27. The minimum Gasteiger partial charge on any atom is -0.484 e. The fourth-order valence-corrected chi connectivity index (χ4v) is 4.06. The largest absolute Gasteiger partial charge is 0.484 e. The summed E-state index contributed by atoms with van der Waals surface area (Å²) in [6.07, 6.45) is 1.76. The van der Waals surface area contributed by atoms with Gasteiger partial charge < -0.3 is 14.6 Å². The van der Waals surface area contributed by atoms with Crippen LogP contribution in [-0.2, 0) is 4.79 Å². The molecule has 2 aromatic heterocycles. The van der Waals surface area contributed by atoms with Crippen molar-refractivity contribution < 1.29 is 9.53 Å². The zero-order chi connectivity index (χ0) is 19.3. The van der Waals surface area contributed by atoms with Crippen LogP contribution in [-0.4, -0.2) is 40.5 Å². The molecule has 1 atom stereocenters. The third-order valence-corrected chi connectivity index (χ3v) is 5.53. The molecule has 0 saturated carbocycles. The van der Waals surface area contributed by atoms with Crippen molar-refractivity contribution in [3.8, 4) is 17.0 Å². The topological polar surface area (TPSA) is 75.3 Å². The van der Waals surface area contributed by atoms with E-state index in [1.807, 2.05) is 47.2 Å². The van der Waals surface area contributed by atoms with Gasteiger partial charge in [-0.2, -0.15) is 11.3 Å². The van der Waals surface area contributed by atoms with Gasteiger partial charge >= 0.3 is 0 Å². The molecular formula is C21H21N3O3S. The Morgan fingerprint density at radius 1 is 1.29 bits per heavy atom. The Morgan fingerprint density at radius 3 is 2.93 bits per heavy atom. The van der Waals surface area contributed by atoms with Crippen molar-refractivity contribution in [3.05, 3.63) is 69.4 Å². The van der Waals surface area contributed by atoms with Crippen molar-refractivity contribution in [2.45, 2.75) is 18.8 Å². The summed E-state index contributed by atoms with van der Waals surface area (Å²) in [5.41, 5.74) is 1.45. The molecule has 28 heavy (non-hydrogen) atoms. The lowest BCUT2D eigenvalue weighted by atomic mass is 9.97. The Morgan fingerprint density at radius 2 is 2.14 bits per heavy atom. The van der Waals surface area contributed by atoms with Gasteiger partial charge in [-0.15, -0.1) is 0 Å². The first-order valence-corrected chi connectivity index (χ1v) is 10.2. The van der Waals surface area contributed by atoms with Crippen molar-refractivity contribution in [2.75, 3.05) is 19.7 Å². The quantitative estimate of drug-likeness (QED) is 0.719. The molecule has 144 valence electrons. The van der Waals surface area contributed by atoms with Crippen LogP contribution in [0, 0.1) is 0 Å². The average Bonchev–Trinajstić information content (AvgIpc) is 3.27. The first-order chi connectivity index (χ1) is 13.7. The van der Waals surface area contributed by atoms with E-state index in [4.69, 9.17) is 4.74 Å². The number of likely N-dealkylation sites (tertiary alicyclic amines) is 1. The molecule has 1 unspecified atom stereocenters. The summed E-state index contributed by atoms with van der Waals surface area (Å²) >= 11 is 1.57. The van der Waals surface area contributed by atoms with Gasteiger partial charge in [-0.05, 0) is 36.4 Å². The minimum atomic E-state index is -0.165. The van der Waals surface area contributed by atoms with E-state index in [1.54, 1.807) is 16.2 Å². The van der Waals surface area contributed by atoms with E-state index in [9.17, 15) is 9.59 Å². The smallest absolute Gasteiger partial charge is 0.260 e. The number of hydrogen-bond acceptors (Lipinski definition) is 5. The van der Waals surface area contributed by atoms with Crippen molar-refractivity contribution in [3.63, 3.8) is 0 Å². The Labute approximate surface area is 166 Å². The average molecular weight is 395 g/mol. The second-order valence-electron chi connectivity index (χ2n) is 6.81. The molecule has 0 aliphatic carbocycles. The Hall–Kier alpha value is -2.93. The van der Waals surface area contributed by atoms with Crippen molar-refractivity contribution in [1.82, 2.24) is 14.9 Å². The fraction of sp³-hybridized carbons (Fsp3) is 0.286. The first kappa shape index (κ1) is 18.4. The highest BCUT2D eigenvalue weighted by molar-refractivity contribution is 7.08. The van der Waals surface area contributed by atoms with Gasteiger partial charge in [0, 0.05) is 36.0 Å². The molecule has 3 aromatic rings. The number of nitrogens with zero attached hydrogens (tertiary/aromatic N) is 2. The molecule has 1 amide bonds. The van der Waals surface area contributed by atoms with E-state index in [2.05, 4.69) is 9.97 Å². The molecule has 3 heterocycles. The molecule has 0 bridgehead atoms. The molecule has 7 heteroatoms. The number of amides is 1. The van der Waals surface area contributed by atoms with Gasteiger partial charge in [0.25, 0.3) is 11.5 Å². The van der Waals surface area contributed by atoms with E-state index in [0.717, 1.165) is 18.4 Å². The van der Waals surface area contributed by atoms with Crippen LogP contribution in [0.15, 0.2) is 58.0 Å². The van der Waals surface area contributed by atoms with Gasteiger partial charge in [-0.1, -0.05) is 18.2 Å². The number of benzene rings is 1. The van der Waals surface area contributed by atoms with Gasteiger partial charge in [0.1, 0.15) is 11.6 Å². The number of para-hydroxylation sites is 1. The van der Waals surface area contributed by atoms with Crippen molar-refractivity contribution in [2.24, 2.45) is 0 Å². The summed E-state index contributed by atoms with van der Waals surface area (Å²) in [5, 5.41) is 3.94. The predicted molar refractivity (Wildman–Crippen MR) is 109 cm³/mol. The van der Waals surface area contributed by atoms with Crippen LogP contribution >= 0.6 is 11.3 Å². The van der Waals surface area contributed by atoms with Crippen LogP contribution in [0.4, 0.5) is 0 Å². The second kappa shape index (κ2) is 8.39. The molecule has 4 rings (SSSR count). The number of nitrogens with one attached hydrogen (secondary N) is 1. The lowest BCUT2D eigenvalue weighted by Gasteiger charge is -2.32. The molecule has 1 aliphatic rings. The maximum atomic E-state index is 12.6. The van der Waals surface area contributed by atoms with Gasteiger partial charge in [-0.3, -0.25) is 9.59 Å². The van der Waals surface area contributed by atoms with E-state index >= 15 is 0 Å². The number of hydrogen-bond donors (Lipinski definition) is 1. The predicted octanol–water partition coefficient (Wildman–Crippen LogP) is 3.28. The summed E-state index contributed by atoms with van der Waals surface area (Å²) in [4.78, 5) is 34.0. The monoisotopic (exact) mass is 395 g/mol. The first-order valence-electron chi connectivity index (χ1n) is 9.28. The summed E-state index contributed by atoms with van der Waals surface area (Å²) < 4.78 is 5.59. The molecule has 1 aromatic carbocycles. The third kappa shape index (κ3) is 4.31. The molecule has 1 fully saturated rings. The van der Waals surface area contributed by atoms with E-state index < -0.39 is 0 Å². The summed E-state index contributed by atoms with van der Waals surface area (Å²) in [6, 6.07) is 12.8. The third-order valence-electron chi connectivity index (χ3n) is 4.84. The van der Waals surface area contributed by atoms with Crippen LogP contribution in [0.25, 0.3) is 11.3 Å². The van der Waals surface area contributed by atoms with E-state index in [-0.39, 0.29) is 24.0 Å². The van der Waals surface area contributed by atoms with Crippen LogP contribution < -0.4 is 10.3 Å².